The second-order valence-corrected chi connectivity index (χ2v) is 4.53. The Morgan fingerprint density at radius 3 is 2.91 bits per heavy atom. The Bertz CT molecular complexity index is 841. The van der Waals surface area contributed by atoms with Crippen molar-refractivity contribution in [3.05, 3.63) is 32.4 Å². The summed E-state index contributed by atoms with van der Waals surface area (Å²) < 4.78 is 10.1. The van der Waals surface area contributed by atoms with Crippen molar-refractivity contribution in [3.63, 3.8) is 0 Å². The third-order valence-electron chi connectivity index (χ3n) is 2.99. The maximum atomic E-state index is 12.1. The molecule has 2 heterocycles. The number of nitrogens with zero attached hydrogens (tertiary/aromatic N) is 1. The third kappa shape index (κ3) is 3.54. The molecule has 0 spiro atoms. The van der Waals surface area contributed by atoms with E-state index in [2.05, 4.69) is 21.8 Å². The smallest absolute Gasteiger partial charge is 0.337 e. The highest BCUT2D eigenvalue weighted by Gasteiger charge is 2.11. The minimum absolute atomic E-state index is 0.0524. The maximum Gasteiger partial charge on any atom is 0.337 e. The van der Waals surface area contributed by atoms with E-state index in [-0.39, 0.29) is 23.7 Å². The highest BCUT2D eigenvalue weighted by atomic mass is 16.5. The molecule has 0 radical (unpaired) electrons. The summed E-state index contributed by atoms with van der Waals surface area (Å²) in [6.45, 7) is 3.58. The van der Waals surface area contributed by atoms with E-state index in [1.165, 1.54) is 6.07 Å². The van der Waals surface area contributed by atoms with Gasteiger partial charge in [-0.25, -0.2) is 4.79 Å². The SMILES string of the molecule is CCc1cc(=O)oc2nc(OCC#CC(O)CC)[nH]c(=O)c12. The summed E-state index contributed by atoms with van der Waals surface area (Å²) in [4.78, 5) is 29.9. The van der Waals surface area contributed by atoms with Crippen LogP contribution in [0.15, 0.2) is 20.1 Å². The minimum atomic E-state index is -0.711. The number of rotatable bonds is 4. The van der Waals surface area contributed by atoms with Gasteiger partial charge in [0, 0.05) is 6.07 Å². The van der Waals surface area contributed by atoms with Crippen LogP contribution in [-0.2, 0) is 6.42 Å². The fourth-order valence-corrected chi connectivity index (χ4v) is 1.84. The van der Waals surface area contributed by atoms with E-state index in [4.69, 9.17) is 9.15 Å². The van der Waals surface area contributed by atoms with E-state index in [9.17, 15) is 14.7 Å². The van der Waals surface area contributed by atoms with Crippen LogP contribution < -0.4 is 15.9 Å². The van der Waals surface area contributed by atoms with E-state index in [1.807, 2.05) is 6.92 Å². The number of aliphatic hydroxyl groups excluding tert-OH is 1. The number of aromatic nitrogens is 2. The van der Waals surface area contributed by atoms with Crippen LogP contribution in [0.3, 0.4) is 0 Å². The van der Waals surface area contributed by atoms with Crippen molar-refractivity contribution >= 4 is 11.1 Å². The molecule has 0 bridgehead atoms. The summed E-state index contributed by atoms with van der Waals surface area (Å²) >= 11 is 0. The number of fused-ring (bicyclic) bond motifs is 1. The lowest BCUT2D eigenvalue weighted by Gasteiger charge is -2.04. The van der Waals surface area contributed by atoms with Crippen LogP contribution >= 0.6 is 0 Å². The largest absolute Gasteiger partial charge is 0.451 e. The van der Waals surface area contributed by atoms with E-state index in [0.29, 0.717) is 18.4 Å². The highest BCUT2D eigenvalue weighted by Crippen LogP contribution is 2.13. The van der Waals surface area contributed by atoms with Crippen molar-refractivity contribution in [1.29, 1.82) is 0 Å². The van der Waals surface area contributed by atoms with Crippen LogP contribution in [0.25, 0.3) is 11.1 Å². The Labute approximate surface area is 126 Å². The Morgan fingerprint density at radius 2 is 2.23 bits per heavy atom. The summed E-state index contributed by atoms with van der Waals surface area (Å²) in [7, 11) is 0. The highest BCUT2D eigenvalue weighted by molar-refractivity contribution is 5.75. The van der Waals surface area contributed by atoms with Crippen molar-refractivity contribution in [3.8, 4) is 17.9 Å². The molecule has 0 aliphatic rings. The molecule has 7 heteroatoms. The van der Waals surface area contributed by atoms with Gasteiger partial charge in [0.05, 0.1) is 0 Å². The number of nitrogens with one attached hydrogen (secondary N) is 1. The van der Waals surface area contributed by atoms with Crippen molar-refractivity contribution in [2.24, 2.45) is 0 Å². The molecular weight excluding hydrogens is 288 g/mol. The molecule has 0 aromatic carbocycles. The van der Waals surface area contributed by atoms with Gasteiger partial charge in [0.2, 0.25) is 5.71 Å². The predicted molar refractivity (Wildman–Crippen MR) is 79.8 cm³/mol. The molecule has 0 saturated heterocycles. The van der Waals surface area contributed by atoms with Gasteiger partial charge in [-0.05, 0) is 18.4 Å². The van der Waals surface area contributed by atoms with Crippen LogP contribution in [0.4, 0.5) is 0 Å². The molecule has 2 aromatic heterocycles. The van der Waals surface area contributed by atoms with Gasteiger partial charge in [-0.1, -0.05) is 25.7 Å². The maximum absolute atomic E-state index is 12.1. The first-order valence-corrected chi connectivity index (χ1v) is 6.91. The second-order valence-electron chi connectivity index (χ2n) is 4.53. The van der Waals surface area contributed by atoms with Crippen LogP contribution in [0.1, 0.15) is 25.8 Å². The number of hydrogen-bond donors (Lipinski definition) is 2. The van der Waals surface area contributed by atoms with E-state index in [1.54, 1.807) is 6.92 Å². The van der Waals surface area contributed by atoms with Gasteiger partial charge in [0.25, 0.3) is 5.56 Å². The van der Waals surface area contributed by atoms with Gasteiger partial charge >= 0.3 is 11.6 Å². The molecule has 0 fully saturated rings. The Hall–Kier alpha value is -2.59. The fourth-order valence-electron chi connectivity index (χ4n) is 1.84. The molecule has 7 nitrogen and oxygen atoms in total. The Kier molecular flexibility index (Phi) is 4.96. The number of aryl methyl sites for hydroxylation is 1. The van der Waals surface area contributed by atoms with Gasteiger partial charge in [-0.3, -0.25) is 9.78 Å². The van der Waals surface area contributed by atoms with Crippen LogP contribution in [-0.4, -0.2) is 27.8 Å². The van der Waals surface area contributed by atoms with Gasteiger partial charge in [0.1, 0.15) is 11.5 Å². The lowest BCUT2D eigenvalue weighted by Crippen LogP contribution is -2.15. The quantitative estimate of drug-likeness (QED) is 0.801. The number of hydrogen-bond acceptors (Lipinski definition) is 6. The van der Waals surface area contributed by atoms with Crippen LogP contribution in [0.5, 0.6) is 6.01 Å². The van der Waals surface area contributed by atoms with Crippen molar-refractivity contribution in [2.45, 2.75) is 32.8 Å². The van der Waals surface area contributed by atoms with Gasteiger partial charge in [0.15, 0.2) is 6.61 Å². The average molecular weight is 304 g/mol. The third-order valence-corrected chi connectivity index (χ3v) is 2.99. The summed E-state index contributed by atoms with van der Waals surface area (Å²) in [5.74, 6) is 5.18. The van der Waals surface area contributed by atoms with E-state index in [0.717, 1.165) is 0 Å². The summed E-state index contributed by atoms with van der Waals surface area (Å²) in [5, 5.41) is 9.51. The lowest BCUT2D eigenvalue weighted by atomic mass is 10.1. The van der Waals surface area contributed by atoms with E-state index < -0.39 is 17.3 Å². The molecule has 2 rings (SSSR count). The topological polar surface area (TPSA) is 105 Å². The predicted octanol–water partition coefficient (Wildman–Crippen LogP) is 0.592. The molecule has 0 aliphatic heterocycles. The van der Waals surface area contributed by atoms with Gasteiger partial charge < -0.3 is 14.3 Å². The second kappa shape index (κ2) is 6.91. The molecule has 1 atom stereocenters. The first-order valence-electron chi connectivity index (χ1n) is 6.91. The summed E-state index contributed by atoms with van der Waals surface area (Å²) in [5.41, 5.74) is -0.511. The molecule has 1 unspecified atom stereocenters. The summed E-state index contributed by atoms with van der Waals surface area (Å²) in [6.07, 6.45) is 0.313. The first-order chi connectivity index (χ1) is 10.5. The molecule has 0 aliphatic carbocycles. The zero-order valence-corrected chi connectivity index (χ0v) is 12.3. The Balaban J connectivity index is 2.32. The lowest BCUT2D eigenvalue weighted by molar-refractivity contribution is 0.228. The van der Waals surface area contributed by atoms with Crippen LogP contribution in [0.2, 0.25) is 0 Å². The fraction of sp³-hybridized carbons (Fsp3) is 0.400. The molecule has 0 amide bonds. The number of ether oxygens (including phenoxy) is 1. The normalized spacial score (nSPS) is 11.8. The molecule has 2 N–H and O–H groups in total. The molecule has 116 valence electrons. The number of aromatic amines is 1. The summed E-state index contributed by atoms with van der Waals surface area (Å²) in [6, 6.07) is 1.19. The molecule has 0 saturated carbocycles. The van der Waals surface area contributed by atoms with Crippen LogP contribution in [0, 0.1) is 11.8 Å². The molecular formula is C15H16N2O5. The number of aliphatic hydroxyl groups is 1. The molecule has 22 heavy (non-hydrogen) atoms. The zero-order chi connectivity index (χ0) is 16.1. The minimum Gasteiger partial charge on any atom is -0.451 e. The molecule has 2 aromatic rings. The Morgan fingerprint density at radius 1 is 1.45 bits per heavy atom. The van der Waals surface area contributed by atoms with Crippen molar-refractivity contribution in [1.82, 2.24) is 9.97 Å². The van der Waals surface area contributed by atoms with Crippen molar-refractivity contribution < 1.29 is 14.3 Å². The van der Waals surface area contributed by atoms with Crippen molar-refractivity contribution in [2.75, 3.05) is 6.61 Å². The van der Waals surface area contributed by atoms with E-state index >= 15 is 0 Å². The van der Waals surface area contributed by atoms with Gasteiger partial charge in [-0.15, -0.1) is 0 Å². The zero-order valence-electron chi connectivity index (χ0n) is 12.3. The number of H-pyrrole nitrogens is 1. The standard InChI is InChI=1S/C15H16N2O5/c1-3-9-8-11(19)22-14-12(9)13(20)16-15(17-14)21-7-5-6-10(18)4-2/h8,10,18H,3-4,7H2,1-2H3,(H,16,17,20). The van der Waals surface area contributed by atoms with Gasteiger partial charge in [-0.2, -0.15) is 4.98 Å². The average Bonchev–Trinajstić information content (AvgIpc) is 2.49. The first kappa shape index (κ1) is 15.8. The monoisotopic (exact) mass is 304 g/mol.